The summed E-state index contributed by atoms with van der Waals surface area (Å²) < 4.78 is 5.31. The van der Waals surface area contributed by atoms with Crippen LogP contribution in [0.5, 0.6) is 5.75 Å². The summed E-state index contributed by atoms with van der Waals surface area (Å²) in [7, 11) is 0. The minimum atomic E-state index is -0.323. The molecule has 0 aromatic heterocycles. The number of nitrogens with one attached hydrogen (secondary N) is 1. The topological polar surface area (TPSA) is 50.7 Å². The number of hydrogen-bond acceptors (Lipinski definition) is 3. The minimum Gasteiger partial charge on any atom is -0.484 e. The number of carbonyl (C=O) groups is 1. The van der Waals surface area contributed by atoms with E-state index in [0.29, 0.717) is 10.8 Å². The molecule has 0 aliphatic carbocycles. The minimum absolute atomic E-state index is 0.103. The third kappa shape index (κ3) is 5.22. The molecule has 2 aromatic carbocycles. The summed E-state index contributed by atoms with van der Waals surface area (Å²) in [5, 5.41) is 4.52. The van der Waals surface area contributed by atoms with Crippen LogP contribution in [-0.4, -0.2) is 18.7 Å². The van der Waals surface area contributed by atoms with Crippen molar-refractivity contribution in [3.05, 3.63) is 64.7 Å². The van der Waals surface area contributed by atoms with Gasteiger partial charge in [-0.1, -0.05) is 42.8 Å². The van der Waals surface area contributed by atoms with Crippen molar-refractivity contribution in [3.8, 4) is 5.75 Å². The molecule has 0 spiro atoms. The first-order valence-electron chi connectivity index (χ1n) is 6.96. The lowest BCUT2D eigenvalue weighted by molar-refractivity contribution is -0.123. The highest BCUT2D eigenvalue weighted by molar-refractivity contribution is 6.30. The van der Waals surface area contributed by atoms with E-state index in [1.807, 2.05) is 24.3 Å². The molecular weight excluding hydrogens is 300 g/mol. The molecule has 2 rings (SSSR count). The predicted octanol–water partition coefficient (Wildman–Crippen LogP) is 3.43. The third-order valence-corrected chi connectivity index (χ3v) is 3.23. The highest BCUT2D eigenvalue weighted by Gasteiger charge is 2.01. The Morgan fingerprint density at radius 1 is 1.18 bits per heavy atom. The quantitative estimate of drug-likeness (QED) is 0.655. The van der Waals surface area contributed by atoms with Gasteiger partial charge in [-0.2, -0.15) is 5.10 Å². The molecule has 2 aromatic rings. The van der Waals surface area contributed by atoms with Crippen LogP contribution in [0.1, 0.15) is 18.1 Å². The van der Waals surface area contributed by atoms with Crippen molar-refractivity contribution < 1.29 is 9.53 Å². The molecule has 0 unspecified atom stereocenters. The molecule has 22 heavy (non-hydrogen) atoms. The molecular formula is C17H17ClN2O2. The van der Waals surface area contributed by atoms with Gasteiger partial charge in [0.2, 0.25) is 0 Å². The van der Waals surface area contributed by atoms with Crippen molar-refractivity contribution in [2.24, 2.45) is 5.10 Å². The first-order valence-corrected chi connectivity index (χ1v) is 7.34. The maximum absolute atomic E-state index is 11.6. The van der Waals surface area contributed by atoms with E-state index in [1.54, 1.807) is 30.5 Å². The van der Waals surface area contributed by atoms with Crippen LogP contribution in [-0.2, 0) is 11.2 Å². The summed E-state index contributed by atoms with van der Waals surface area (Å²) in [5.41, 5.74) is 4.61. The van der Waals surface area contributed by atoms with Crippen molar-refractivity contribution in [3.63, 3.8) is 0 Å². The van der Waals surface area contributed by atoms with E-state index in [0.717, 1.165) is 12.0 Å². The highest BCUT2D eigenvalue weighted by atomic mass is 35.5. The van der Waals surface area contributed by atoms with E-state index < -0.39 is 0 Å². The molecule has 0 saturated heterocycles. The van der Waals surface area contributed by atoms with E-state index in [2.05, 4.69) is 17.5 Å². The second-order valence-electron chi connectivity index (χ2n) is 4.63. The standard InChI is InChI=1S/C17H17ClN2O2/c1-2-13-3-5-14(6-4-13)11-19-20-17(21)12-22-16-9-7-15(18)8-10-16/h3-11H,2,12H2,1H3,(H,20,21)/b19-11-. The molecule has 0 saturated carbocycles. The predicted molar refractivity (Wildman–Crippen MR) is 88.5 cm³/mol. The zero-order chi connectivity index (χ0) is 15.8. The van der Waals surface area contributed by atoms with Gasteiger partial charge < -0.3 is 4.74 Å². The fourth-order valence-electron chi connectivity index (χ4n) is 1.73. The number of hydrazone groups is 1. The lowest BCUT2D eigenvalue weighted by Gasteiger charge is -2.04. The molecule has 0 fully saturated rings. The van der Waals surface area contributed by atoms with E-state index in [9.17, 15) is 4.79 Å². The molecule has 0 heterocycles. The first-order chi connectivity index (χ1) is 10.7. The summed E-state index contributed by atoms with van der Waals surface area (Å²) in [6.07, 6.45) is 2.59. The van der Waals surface area contributed by atoms with Crippen molar-refractivity contribution in [1.29, 1.82) is 0 Å². The average molecular weight is 317 g/mol. The molecule has 0 aliphatic heterocycles. The summed E-state index contributed by atoms with van der Waals surface area (Å²) >= 11 is 5.77. The number of ether oxygens (including phenoxy) is 1. The van der Waals surface area contributed by atoms with Crippen LogP contribution in [0.3, 0.4) is 0 Å². The van der Waals surface area contributed by atoms with Gasteiger partial charge in [0.15, 0.2) is 6.61 Å². The van der Waals surface area contributed by atoms with Crippen molar-refractivity contribution in [1.82, 2.24) is 5.43 Å². The Bertz CT molecular complexity index is 637. The Kier molecular flexibility index (Phi) is 5.98. The van der Waals surface area contributed by atoms with E-state index in [1.165, 1.54) is 5.56 Å². The number of carbonyl (C=O) groups excluding carboxylic acids is 1. The smallest absolute Gasteiger partial charge is 0.277 e. The molecule has 0 radical (unpaired) electrons. The lowest BCUT2D eigenvalue weighted by Crippen LogP contribution is -2.24. The SMILES string of the molecule is CCc1ccc(/C=N\NC(=O)COc2ccc(Cl)cc2)cc1. The highest BCUT2D eigenvalue weighted by Crippen LogP contribution is 2.15. The van der Waals surface area contributed by atoms with Crippen LogP contribution in [0.15, 0.2) is 53.6 Å². The Morgan fingerprint density at radius 3 is 2.50 bits per heavy atom. The summed E-state index contributed by atoms with van der Waals surface area (Å²) in [6, 6.07) is 14.8. The maximum Gasteiger partial charge on any atom is 0.277 e. The number of aryl methyl sites for hydroxylation is 1. The fraction of sp³-hybridized carbons (Fsp3) is 0.176. The largest absolute Gasteiger partial charge is 0.484 e. The molecule has 0 aliphatic rings. The van der Waals surface area contributed by atoms with Gasteiger partial charge in [0, 0.05) is 5.02 Å². The van der Waals surface area contributed by atoms with Crippen LogP contribution in [0, 0.1) is 0 Å². The molecule has 114 valence electrons. The second kappa shape index (κ2) is 8.20. The van der Waals surface area contributed by atoms with Gasteiger partial charge in [0.25, 0.3) is 5.91 Å². The summed E-state index contributed by atoms with van der Waals surface area (Å²) in [5.74, 6) is 0.259. The Balaban J connectivity index is 1.76. The number of halogens is 1. The Labute approximate surface area is 134 Å². The molecule has 5 heteroatoms. The molecule has 0 bridgehead atoms. The van der Waals surface area contributed by atoms with Crippen LogP contribution >= 0.6 is 11.6 Å². The monoisotopic (exact) mass is 316 g/mol. The van der Waals surface area contributed by atoms with E-state index in [4.69, 9.17) is 16.3 Å². The molecule has 4 nitrogen and oxygen atoms in total. The third-order valence-electron chi connectivity index (χ3n) is 2.97. The Morgan fingerprint density at radius 2 is 1.86 bits per heavy atom. The number of benzene rings is 2. The lowest BCUT2D eigenvalue weighted by atomic mass is 10.1. The van der Waals surface area contributed by atoms with Crippen LogP contribution in [0.2, 0.25) is 5.02 Å². The van der Waals surface area contributed by atoms with Gasteiger partial charge >= 0.3 is 0 Å². The van der Waals surface area contributed by atoms with Crippen LogP contribution < -0.4 is 10.2 Å². The molecule has 0 atom stereocenters. The zero-order valence-corrected chi connectivity index (χ0v) is 13.0. The van der Waals surface area contributed by atoms with Gasteiger partial charge in [-0.3, -0.25) is 4.79 Å². The number of rotatable bonds is 6. The molecule has 1 amide bonds. The number of hydrogen-bond donors (Lipinski definition) is 1. The van der Waals surface area contributed by atoms with Crippen molar-refractivity contribution >= 4 is 23.7 Å². The van der Waals surface area contributed by atoms with Gasteiger partial charge in [0.05, 0.1) is 6.21 Å². The van der Waals surface area contributed by atoms with Crippen LogP contribution in [0.4, 0.5) is 0 Å². The summed E-state index contributed by atoms with van der Waals surface area (Å²) in [4.78, 5) is 11.6. The second-order valence-corrected chi connectivity index (χ2v) is 5.07. The van der Waals surface area contributed by atoms with Gasteiger partial charge in [-0.05, 0) is 41.8 Å². The zero-order valence-electron chi connectivity index (χ0n) is 12.3. The molecule has 1 N–H and O–H groups in total. The van der Waals surface area contributed by atoms with Gasteiger partial charge in [-0.15, -0.1) is 0 Å². The Hall–Kier alpha value is -2.33. The van der Waals surface area contributed by atoms with Crippen LogP contribution in [0.25, 0.3) is 0 Å². The van der Waals surface area contributed by atoms with Gasteiger partial charge in [-0.25, -0.2) is 5.43 Å². The summed E-state index contributed by atoms with van der Waals surface area (Å²) in [6.45, 7) is 2.00. The number of nitrogens with zero attached hydrogens (tertiary/aromatic N) is 1. The van der Waals surface area contributed by atoms with E-state index >= 15 is 0 Å². The van der Waals surface area contributed by atoms with Gasteiger partial charge in [0.1, 0.15) is 5.75 Å². The van der Waals surface area contributed by atoms with Crippen molar-refractivity contribution in [2.45, 2.75) is 13.3 Å². The van der Waals surface area contributed by atoms with Crippen molar-refractivity contribution in [2.75, 3.05) is 6.61 Å². The maximum atomic E-state index is 11.6. The average Bonchev–Trinajstić information content (AvgIpc) is 2.55. The number of amides is 1. The fourth-order valence-corrected chi connectivity index (χ4v) is 1.86. The van der Waals surface area contributed by atoms with E-state index in [-0.39, 0.29) is 12.5 Å². The first kappa shape index (κ1) is 16.0. The normalized spacial score (nSPS) is 10.6.